The van der Waals surface area contributed by atoms with Crippen molar-refractivity contribution >= 4 is 5.91 Å². The molecule has 1 aromatic heterocycles. The molecule has 1 amide bonds. The maximum absolute atomic E-state index is 12.9. The number of likely N-dealkylation sites (tertiary alicyclic amines) is 1. The molecule has 0 spiro atoms. The van der Waals surface area contributed by atoms with Crippen LogP contribution in [-0.2, 0) is 0 Å². The van der Waals surface area contributed by atoms with Crippen LogP contribution >= 0.6 is 0 Å². The second-order valence-electron chi connectivity index (χ2n) is 6.61. The molecule has 2 fully saturated rings. The van der Waals surface area contributed by atoms with E-state index in [1.165, 1.54) is 6.26 Å². The van der Waals surface area contributed by atoms with Gasteiger partial charge in [-0.1, -0.05) is 6.07 Å². The summed E-state index contributed by atoms with van der Waals surface area (Å²) in [4.78, 5) is 19.2. The zero-order chi connectivity index (χ0) is 16.1. The van der Waals surface area contributed by atoms with Crippen LogP contribution in [0.3, 0.4) is 0 Å². The van der Waals surface area contributed by atoms with Gasteiger partial charge in [-0.3, -0.25) is 4.79 Å². The molecule has 3 aliphatic rings. The normalized spacial score (nSPS) is 22.2. The van der Waals surface area contributed by atoms with Crippen LogP contribution in [0.4, 0.5) is 0 Å². The lowest BCUT2D eigenvalue weighted by molar-refractivity contribution is 0.0729. The minimum Gasteiger partial charge on any atom is -0.454 e. The maximum Gasteiger partial charge on any atom is 0.276 e. The Balaban J connectivity index is 1.40. The van der Waals surface area contributed by atoms with Gasteiger partial charge in [0.15, 0.2) is 23.1 Å². The molecule has 0 unspecified atom stereocenters. The van der Waals surface area contributed by atoms with Crippen molar-refractivity contribution in [2.45, 2.75) is 37.6 Å². The zero-order valence-electron chi connectivity index (χ0n) is 13.2. The Morgan fingerprint density at radius 3 is 2.92 bits per heavy atom. The third-order valence-electron chi connectivity index (χ3n) is 4.96. The molecule has 1 atom stereocenters. The Labute approximate surface area is 139 Å². The van der Waals surface area contributed by atoms with Gasteiger partial charge in [0.2, 0.25) is 6.79 Å². The first-order valence-electron chi connectivity index (χ1n) is 8.45. The van der Waals surface area contributed by atoms with E-state index in [-0.39, 0.29) is 18.7 Å². The highest BCUT2D eigenvalue weighted by molar-refractivity contribution is 5.92. The number of amides is 1. The van der Waals surface area contributed by atoms with Gasteiger partial charge in [-0.05, 0) is 43.4 Å². The third-order valence-corrected chi connectivity index (χ3v) is 4.96. The summed E-state index contributed by atoms with van der Waals surface area (Å²) in [6, 6.07) is 5.96. The summed E-state index contributed by atoms with van der Waals surface area (Å²) in [7, 11) is 0. The average molecular weight is 326 g/mol. The summed E-state index contributed by atoms with van der Waals surface area (Å²) in [6.45, 7) is 0.999. The molecule has 3 heterocycles. The zero-order valence-corrected chi connectivity index (χ0v) is 13.2. The number of fused-ring (bicyclic) bond motifs is 1. The van der Waals surface area contributed by atoms with E-state index in [0.29, 0.717) is 17.5 Å². The van der Waals surface area contributed by atoms with Gasteiger partial charge in [0.1, 0.15) is 6.26 Å². The van der Waals surface area contributed by atoms with E-state index < -0.39 is 0 Å². The number of oxazole rings is 1. The van der Waals surface area contributed by atoms with Gasteiger partial charge in [-0.25, -0.2) is 4.98 Å². The van der Waals surface area contributed by atoms with Crippen molar-refractivity contribution in [1.29, 1.82) is 0 Å². The van der Waals surface area contributed by atoms with E-state index in [9.17, 15) is 4.79 Å². The van der Waals surface area contributed by atoms with Crippen molar-refractivity contribution in [3.63, 3.8) is 0 Å². The van der Waals surface area contributed by atoms with Crippen LogP contribution in [0.2, 0.25) is 0 Å². The smallest absolute Gasteiger partial charge is 0.276 e. The van der Waals surface area contributed by atoms with Crippen LogP contribution in [0.15, 0.2) is 28.9 Å². The minimum absolute atomic E-state index is 0.0491. The first-order valence-corrected chi connectivity index (χ1v) is 8.45. The summed E-state index contributed by atoms with van der Waals surface area (Å²) >= 11 is 0. The van der Waals surface area contributed by atoms with Crippen molar-refractivity contribution in [2.75, 3.05) is 13.3 Å². The van der Waals surface area contributed by atoms with E-state index in [1.54, 1.807) is 0 Å². The Hall–Kier alpha value is -2.50. The number of nitrogens with zero attached hydrogens (tertiary/aromatic N) is 2. The number of carbonyl (C=O) groups excluding carboxylic acids is 1. The largest absolute Gasteiger partial charge is 0.454 e. The molecular weight excluding hydrogens is 308 g/mol. The molecule has 2 aliphatic heterocycles. The number of carbonyl (C=O) groups is 1. The lowest BCUT2D eigenvalue weighted by atomic mass is 10.0. The molecule has 6 heteroatoms. The van der Waals surface area contributed by atoms with E-state index >= 15 is 0 Å². The van der Waals surface area contributed by atoms with E-state index in [2.05, 4.69) is 4.98 Å². The Morgan fingerprint density at radius 1 is 1.17 bits per heavy atom. The minimum atomic E-state index is -0.0502. The summed E-state index contributed by atoms with van der Waals surface area (Å²) in [6.07, 6.45) is 5.65. The molecule has 24 heavy (non-hydrogen) atoms. The van der Waals surface area contributed by atoms with Crippen molar-refractivity contribution in [1.82, 2.24) is 9.88 Å². The number of hydrogen-bond acceptors (Lipinski definition) is 5. The van der Waals surface area contributed by atoms with Crippen LogP contribution in [0.25, 0.3) is 0 Å². The first-order chi connectivity index (χ1) is 11.8. The van der Waals surface area contributed by atoms with Gasteiger partial charge >= 0.3 is 0 Å². The first kappa shape index (κ1) is 13.9. The molecule has 2 aromatic rings. The lowest BCUT2D eigenvalue weighted by Crippen LogP contribution is -2.30. The number of hydrogen-bond donors (Lipinski definition) is 0. The van der Waals surface area contributed by atoms with E-state index in [4.69, 9.17) is 13.9 Å². The molecule has 1 saturated carbocycles. The average Bonchev–Trinajstić information content (AvgIpc) is 3.07. The van der Waals surface area contributed by atoms with Gasteiger partial charge in [0, 0.05) is 12.5 Å². The fraction of sp³-hybridized carbons (Fsp3) is 0.444. The maximum atomic E-state index is 12.9. The topological polar surface area (TPSA) is 64.8 Å². The van der Waals surface area contributed by atoms with Crippen molar-refractivity contribution in [3.05, 3.63) is 41.6 Å². The van der Waals surface area contributed by atoms with Gasteiger partial charge in [-0.2, -0.15) is 0 Å². The van der Waals surface area contributed by atoms with Gasteiger partial charge in [-0.15, -0.1) is 0 Å². The summed E-state index contributed by atoms with van der Waals surface area (Å²) in [5.41, 5.74) is 1.50. The van der Waals surface area contributed by atoms with E-state index in [1.807, 2.05) is 23.1 Å². The van der Waals surface area contributed by atoms with Crippen LogP contribution in [0.1, 0.15) is 59.6 Å². The molecule has 124 valence electrons. The van der Waals surface area contributed by atoms with Crippen LogP contribution in [0.5, 0.6) is 11.5 Å². The van der Waals surface area contributed by atoms with Crippen molar-refractivity contribution in [2.24, 2.45) is 0 Å². The fourth-order valence-corrected chi connectivity index (χ4v) is 3.53. The quantitative estimate of drug-likeness (QED) is 0.866. The highest BCUT2D eigenvalue weighted by Crippen LogP contribution is 2.41. The van der Waals surface area contributed by atoms with Crippen LogP contribution in [0, 0.1) is 0 Å². The van der Waals surface area contributed by atoms with Crippen LogP contribution < -0.4 is 9.47 Å². The van der Waals surface area contributed by atoms with Crippen molar-refractivity contribution in [3.8, 4) is 11.5 Å². The van der Waals surface area contributed by atoms with E-state index in [0.717, 1.165) is 49.3 Å². The summed E-state index contributed by atoms with van der Waals surface area (Å²) in [5.74, 6) is 2.59. The van der Waals surface area contributed by atoms with Gasteiger partial charge in [0.25, 0.3) is 5.91 Å². The number of rotatable bonds is 3. The second kappa shape index (κ2) is 5.26. The molecule has 0 N–H and O–H groups in total. The van der Waals surface area contributed by atoms with Gasteiger partial charge in [0.05, 0.1) is 6.04 Å². The molecule has 0 bridgehead atoms. The van der Waals surface area contributed by atoms with Crippen molar-refractivity contribution < 1.29 is 18.7 Å². The summed E-state index contributed by atoms with van der Waals surface area (Å²) in [5, 5.41) is 0. The number of benzene rings is 1. The molecule has 1 saturated heterocycles. The van der Waals surface area contributed by atoms with Crippen LogP contribution in [-0.4, -0.2) is 29.1 Å². The summed E-state index contributed by atoms with van der Waals surface area (Å²) < 4.78 is 16.3. The Kier molecular flexibility index (Phi) is 3.04. The Bertz CT molecular complexity index is 796. The number of aromatic nitrogens is 1. The predicted molar refractivity (Wildman–Crippen MR) is 84.1 cm³/mol. The molecule has 1 aromatic carbocycles. The highest BCUT2D eigenvalue weighted by atomic mass is 16.7. The fourth-order valence-electron chi connectivity index (χ4n) is 3.53. The third kappa shape index (κ3) is 2.25. The highest BCUT2D eigenvalue weighted by Gasteiger charge is 2.34. The molecule has 1 aliphatic carbocycles. The predicted octanol–water partition coefficient (Wildman–Crippen LogP) is 3.26. The standard InChI is InChI=1S/C18H18N2O4/c21-18(13-9-22-17(19-13)11-3-4-11)20-7-1-2-14(20)12-5-6-15-16(8-12)24-10-23-15/h5-6,8-9,11,14H,1-4,7,10H2/t14-/m0/s1. The second-order valence-corrected chi connectivity index (χ2v) is 6.61. The lowest BCUT2D eigenvalue weighted by Gasteiger charge is -2.24. The van der Waals surface area contributed by atoms with Gasteiger partial charge < -0.3 is 18.8 Å². The molecule has 6 nitrogen and oxygen atoms in total. The molecular formula is C18H18N2O4. The SMILES string of the molecule is O=C(c1coc(C2CC2)n1)N1CCC[C@H]1c1ccc2c(c1)OCO2. The number of ether oxygens (including phenoxy) is 2. The molecule has 0 radical (unpaired) electrons. The monoisotopic (exact) mass is 326 g/mol. The molecule has 5 rings (SSSR count). The Morgan fingerprint density at radius 2 is 2.04 bits per heavy atom.